The second kappa shape index (κ2) is 7.95. The molecule has 1 amide bonds. The van der Waals surface area contributed by atoms with Gasteiger partial charge in [0.2, 0.25) is 0 Å². The number of anilines is 3. The minimum Gasteiger partial charge on any atom is -0.368 e. The number of nitrogens with one attached hydrogen (secondary N) is 1. The summed E-state index contributed by atoms with van der Waals surface area (Å²) in [5.41, 5.74) is 5.06. The fourth-order valence-electron chi connectivity index (χ4n) is 3.56. The molecule has 3 heterocycles. The fraction of sp³-hybridized carbons (Fsp3) is 0.318. The van der Waals surface area contributed by atoms with E-state index in [0.29, 0.717) is 24.6 Å². The smallest absolute Gasteiger partial charge is 0.272 e. The lowest BCUT2D eigenvalue weighted by atomic mass is 10.1. The minimum absolute atomic E-state index is 0.0329. The van der Waals surface area contributed by atoms with Gasteiger partial charge in [-0.2, -0.15) is 0 Å². The molecule has 3 aromatic rings. The highest BCUT2D eigenvalue weighted by Crippen LogP contribution is 2.24. The molecule has 1 aromatic carbocycles. The lowest BCUT2D eigenvalue weighted by Gasteiger charge is -2.37. The van der Waals surface area contributed by atoms with Crippen LogP contribution in [0.2, 0.25) is 0 Å². The summed E-state index contributed by atoms with van der Waals surface area (Å²) < 4.78 is 5.03. The van der Waals surface area contributed by atoms with Crippen molar-refractivity contribution < 1.29 is 9.32 Å². The molecule has 2 aromatic heterocycles. The van der Waals surface area contributed by atoms with Gasteiger partial charge in [-0.05, 0) is 50.1 Å². The summed E-state index contributed by atoms with van der Waals surface area (Å²) in [7, 11) is 0. The molecule has 29 heavy (non-hydrogen) atoms. The van der Waals surface area contributed by atoms with Gasteiger partial charge in [0.05, 0.1) is 11.9 Å². The van der Waals surface area contributed by atoms with Gasteiger partial charge in [0.1, 0.15) is 11.5 Å². The Labute approximate surface area is 170 Å². The highest BCUT2D eigenvalue weighted by Gasteiger charge is 2.24. The summed E-state index contributed by atoms with van der Waals surface area (Å²) in [5.74, 6) is 1.31. The third-order valence-electron chi connectivity index (χ3n) is 5.37. The number of rotatable bonds is 4. The Bertz CT molecular complexity index is 1000. The normalized spacial score (nSPS) is 14.2. The molecule has 1 saturated heterocycles. The van der Waals surface area contributed by atoms with E-state index < -0.39 is 0 Å². The largest absolute Gasteiger partial charge is 0.368 e. The zero-order valence-electron chi connectivity index (χ0n) is 17.0. The van der Waals surface area contributed by atoms with Crippen LogP contribution in [0.1, 0.15) is 27.4 Å². The average molecular weight is 391 g/mol. The predicted octanol–water partition coefficient (Wildman–Crippen LogP) is 3.70. The molecule has 7 heteroatoms. The first-order chi connectivity index (χ1) is 14.0. The van der Waals surface area contributed by atoms with E-state index in [4.69, 9.17) is 4.52 Å². The predicted molar refractivity (Wildman–Crippen MR) is 113 cm³/mol. The van der Waals surface area contributed by atoms with Crippen molar-refractivity contribution in [3.8, 4) is 0 Å². The molecule has 4 rings (SSSR count). The summed E-state index contributed by atoms with van der Waals surface area (Å²) in [6.45, 7) is 9.13. The highest BCUT2D eigenvalue weighted by atomic mass is 16.5. The average Bonchev–Trinajstić information content (AvgIpc) is 3.15. The molecular formula is C22H25N5O2. The van der Waals surface area contributed by atoms with E-state index in [9.17, 15) is 4.79 Å². The first-order valence-electron chi connectivity index (χ1n) is 9.78. The van der Waals surface area contributed by atoms with Gasteiger partial charge in [-0.25, -0.2) is 4.98 Å². The maximum absolute atomic E-state index is 12.8. The van der Waals surface area contributed by atoms with Crippen molar-refractivity contribution in [2.45, 2.75) is 20.8 Å². The summed E-state index contributed by atoms with van der Waals surface area (Å²) in [6.07, 6.45) is 1.64. The van der Waals surface area contributed by atoms with Crippen molar-refractivity contribution in [2.75, 3.05) is 36.4 Å². The molecule has 1 N–H and O–H groups in total. The molecule has 0 bridgehead atoms. The van der Waals surface area contributed by atoms with E-state index in [1.54, 1.807) is 18.3 Å². The van der Waals surface area contributed by atoms with Gasteiger partial charge in [-0.3, -0.25) is 4.79 Å². The number of hydrogen-bond donors (Lipinski definition) is 1. The number of aryl methyl sites for hydroxylation is 2. The van der Waals surface area contributed by atoms with Crippen molar-refractivity contribution >= 4 is 23.1 Å². The quantitative estimate of drug-likeness (QED) is 0.731. The number of pyridine rings is 1. The standard InChI is InChI=1S/C22H25N5O2/c1-15-5-4-6-20(17(15)3)26-9-11-27(12-10-26)22(28)19-8-7-18(14-23-19)24-21-13-16(2)29-25-21/h4-8,13-14H,9-12H2,1-3H3,(H,24,25). The van der Waals surface area contributed by atoms with E-state index in [1.807, 2.05) is 17.9 Å². The second-order valence-corrected chi connectivity index (χ2v) is 7.38. The van der Waals surface area contributed by atoms with Crippen LogP contribution in [0.5, 0.6) is 0 Å². The van der Waals surface area contributed by atoms with Crippen molar-refractivity contribution in [2.24, 2.45) is 0 Å². The monoisotopic (exact) mass is 391 g/mol. The summed E-state index contributed by atoms with van der Waals surface area (Å²) in [6, 6.07) is 11.8. The van der Waals surface area contributed by atoms with Gasteiger partial charge >= 0.3 is 0 Å². The van der Waals surface area contributed by atoms with Crippen LogP contribution in [-0.2, 0) is 0 Å². The zero-order valence-corrected chi connectivity index (χ0v) is 17.0. The van der Waals surface area contributed by atoms with Gasteiger partial charge in [0, 0.05) is 37.9 Å². The van der Waals surface area contributed by atoms with Gasteiger partial charge < -0.3 is 19.6 Å². The van der Waals surface area contributed by atoms with Crippen molar-refractivity contribution in [3.63, 3.8) is 0 Å². The summed E-state index contributed by atoms with van der Waals surface area (Å²) >= 11 is 0. The Morgan fingerprint density at radius 3 is 2.52 bits per heavy atom. The number of nitrogens with zero attached hydrogens (tertiary/aromatic N) is 4. The molecule has 7 nitrogen and oxygen atoms in total. The zero-order chi connectivity index (χ0) is 20.4. The van der Waals surface area contributed by atoms with Gasteiger partial charge in [0.15, 0.2) is 5.82 Å². The molecule has 1 fully saturated rings. The number of piperazine rings is 1. The van der Waals surface area contributed by atoms with Crippen LogP contribution >= 0.6 is 0 Å². The van der Waals surface area contributed by atoms with Crippen molar-refractivity contribution in [1.82, 2.24) is 15.0 Å². The number of hydrogen-bond acceptors (Lipinski definition) is 6. The molecule has 150 valence electrons. The summed E-state index contributed by atoms with van der Waals surface area (Å²) in [5, 5.41) is 7.00. The molecule has 0 aliphatic carbocycles. The van der Waals surface area contributed by atoms with Crippen LogP contribution in [0.4, 0.5) is 17.2 Å². The number of carbonyl (C=O) groups excluding carboxylic acids is 1. The molecular weight excluding hydrogens is 366 g/mol. The van der Waals surface area contributed by atoms with Crippen LogP contribution in [-0.4, -0.2) is 47.1 Å². The van der Waals surface area contributed by atoms with Crippen LogP contribution in [0, 0.1) is 20.8 Å². The molecule has 1 aliphatic heterocycles. The number of aromatic nitrogens is 2. The molecule has 0 atom stereocenters. The maximum atomic E-state index is 12.8. The van der Waals surface area contributed by atoms with E-state index in [0.717, 1.165) is 24.5 Å². The Balaban J connectivity index is 1.37. The Kier molecular flexibility index (Phi) is 5.20. The number of amides is 1. The van der Waals surface area contributed by atoms with Crippen LogP contribution in [0.15, 0.2) is 47.1 Å². The van der Waals surface area contributed by atoms with E-state index >= 15 is 0 Å². The Morgan fingerprint density at radius 2 is 1.86 bits per heavy atom. The van der Waals surface area contributed by atoms with Crippen LogP contribution < -0.4 is 10.2 Å². The molecule has 0 unspecified atom stereocenters. The molecule has 0 saturated carbocycles. The highest BCUT2D eigenvalue weighted by molar-refractivity contribution is 5.92. The van der Waals surface area contributed by atoms with Gasteiger partial charge in [-0.15, -0.1) is 0 Å². The van der Waals surface area contributed by atoms with Crippen molar-refractivity contribution in [3.05, 3.63) is 65.2 Å². The third kappa shape index (κ3) is 4.08. The number of carbonyl (C=O) groups is 1. The molecule has 1 aliphatic rings. The van der Waals surface area contributed by atoms with Gasteiger partial charge in [-0.1, -0.05) is 17.3 Å². The van der Waals surface area contributed by atoms with Crippen LogP contribution in [0.25, 0.3) is 0 Å². The SMILES string of the molecule is Cc1cc(Nc2ccc(C(=O)N3CCN(c4cccc(C)c4C)CC3)nc2)no1. The first-order valence-corrected chi connectivity index (χ1v) is 9.78. The fourth-order valence-corrected chi connectivity index (χ4v) is 3.56. The minimum atomic E-state index is -0.0329. The van der Waals surface area contributed by atoms with Crippen LogP contribution in [0.3, 0.4) is 0 Å². The van der Waals surface area contributed by atoms with E-state index in [2.05, 4.69) is 52.4 Å². The van der Waals surface area contributed by atoms with E-state index in [1.165, 1.54) is 16.8 Å². The summed E-state index contributed by atoms with van der Waals surface area (Å²) in [4.78, 5) is 21.4. The topological polar surface area (TPSA) is 74.5 Å². The lowest BCUT2D eigenvalue weighted by Crippen LogP contribution is -2.49. The molecule has 0 spiro atoms. The van der Waals surface area contributed by atoms with Gasteiger partial charge in [0.25, 0.3) is 5.91 Å². The second-order valence-electron chi connectivity index (χ2n) is 7.38. The first kappa shape index (κ1) is 19.0. The number of benzene rings is 1. The maximum Gasteiger partial charge on any atom is 0.272 e. The molecule has 0 radical (unpaired) electrons. The van der Waals surface area contributed by atoms with E-state index in [-0.39, 0.29) is 5.91 Å². The third-order valence-corrected chi connectivity index (χ3v) is 5.37. The Morgan fingerprint density at radius 1 is 1.07 bits per heavy atom. The Hall–Kier alpha value is -3.35. The van der Waals surface area contributed by atoms with Crippen molar-refractivity contribution in [1.29, 1.82) is 0 Å². The lowest BCUT2D eigenvalue weighted by molar-refractivity contribution is 0.0741.